The van der Waals surface area contributed by atoms with Crippen LogP contribution in [0.15, 0.2) is 48.7 Å². The molecule has 264 valence electrons. The van der Waals surface area contributed by atoms with Crippen molar-refractivity contribution in [3.8, 4) is 17.3 Å². The Balaban J connectivity index is 1.78. The Morgan fingerprint density at radius 2 is 1.53 bits per heavy atom. The number of hydrogen-bond acceptors (Lipinski definition) is 7. The van der Waals surface area contributed by atoms with Gasteiger partial charge < -0.3 is 18.4 Å². The average Bonchev–Trinajstić information content (AvgIpc) is 3.56. The molecule has 49 heavy (non-hydrogen) atoms. The Hall–Kier alpha value is -3.31. The second-order valence-corrected chi connectivity index (χ2v) is 18.9. The van der Waals surface area contributed by atoms with Crippen LogP contribution in [0.5, 0.6) is 5.88 Å². The van der Waals surface area contributed by atoms with Gasteiger partial charge in [-0.05, 0) is 49.2 Å². The van der Waals surface area contributed by atoms with Crippen molar-refractivity contribution in [2.75, 3.05) is 37.6 Å². The first-order valence-electron chi connectivity index (χ1n) is 16.6. The number of methoxy groups -OCH3 is 1. The van der Waals surface area contributed by atoms with Gasteiger partial charge in [0.2, 0.25) is 11.8 Å². The van der Waals surface area contributed by atoms with Crippen molar-refractivity contribution in [3.05, 3.63) is 81.2 Å². The monoisotopic (exact) mass is 726 g/mol. The zero-order chi connectivity index (χ0) is 35.9. The maximum atomic E-state index is 14.7. The van der Waals surface area contributed by atoms with Gasteiger partial charge in [-0.3, -0.25) is 9.69 Å². The number of anilines is 2. The molecule has 0 radical (unpaired) electrons. The number of hydrogen-bond donors (Lipinski definition) is 0. The van der Waals surface area contributed by atoms with Crippen LogP contribution < -0.4 is 14.5 Å². The molecule has 4 aromatic rings. The summed E-state index contributed by atoms with van der Waals surface area (Å²) in [5.74, 6) is 1.17. The van der Waals surface area contributed by atoms with Gasteiger partial charge >= 0.3 is 0 Å². The highest BCUT2D eigenvalue weighted by Gasteiger charge is 2.46. The molecule has 1 aliphatic rings. The van der Waals surface area contributed by atoms with Crippen molar-refractivity contribution in [1.29, 1.82) is 0 Å². The summed E-state index contributed by atoms with van der Waals surface area (Å²) < 4.78 is 15.1. The molecule has 5 rings (SSSR count). The molecule has 12 heteroatoms. The molecule has 3 heterocycles. The van der Waals surface area contributed by atoms with Gasteiger partial charge in [-0.25, -0.2) is 9.97 Å². The standard InChI is InChI=1S/C37H48Cl2N6O3S/c1-21(2)49(22(3)4,23(5)6)48-20-25(8)44-33-31(41-34(44)29-19-40-37(43(9)10)42-35(29)47-11)36(46)45(30-18-28(39)15-12-24(30)7)32(33)26-13-16-27(38)17-14-26/h12-19,21-23,25,32H,20H2,1-11H3. The summed E-state index contributed by atoms with van der Waals surface area (Å²) in [6, 6.07) is 12.4. The van der Waals surface area contributed by atoms with Crippen LogP contribution in [0, 0.1) is 6.92 Å². The minimum absolute atomic E-state index is 0.232. The van der Waals surface area contributed by atoms with Crippen molar-refractivity contribution in [3.63, 3.8) is 0 Å². The van der Waals surface area contributed by atoms with Crippen molar-refractivity contribution in [1.82, 2.24) is 19.5 Å². The number of ether oxygens (including phenoxy) is 1. The Kier molecular flexibility index (Phi) is 10.9. The molecule has 9 nitrogen and oxygen atoms in total. The van der Waals surface area contributed by atoms with Crippen LogP contribution in [0.3, 0.4) is 0 Å². The van der Waals surface area contributed by atoms with Crippen LogP contribution in [0.1, 0.15) is 87.9 Å². The normalized spacial score (nSPS) is 15.8. The van der Waals surface area contributed by atoms with E-state index in [9.17, 15) is 4.79 Å². The molecular weight excluding hydrogens is 679 g/mol. The fourth-order valence-electron chi connectivity index (χ4n) is 7.11. The quantitative estimate of drug-likeness (QED) is 0.144. The third kappa shape index (κ3) is 6.65. The van der Waals surface area contributed by atoms with Gasteiger partial charge in [-0.2, -0.15) is 4.98 Å². The number of nitrogens with zero attached hydrogens (tertiary/aromatic N) is 6. The molecule has 1 amide bonds. The molecule has 1 aliphatic heterocycles. The van der Waals surface area contributed by atoms with E-state index in [2.05, 4.69) is 63.0 Å². The van der Waals surface area contributed by atoms with E-state index in [0.717, 1.165) is 16.8 Å². The highest BCUT2D eigenvalue weighted by molar-refractivity contribution is 8.31. The molecule has 0 fully saturated rings. The van der Waals surface area contributed by atoms with E-state index in [0.29, 0.717) is 67.0 Å². The van der Waals surface area contributed by atoms with E-state index in [-0.39, 0.29) is 11.9 Å². The first-order valence-corrected chi connectivity index (χ1v) is 19.1. The van der Waals surface area contributed by atoms with Gasteiger partial charge in [-0.15, -0.1) is 10.3 Å². The lowest BCUT2D eigenvalue weighted by Gasteiger charge is -2.50. The molecule has 0 spiro atoms. The van der Waals surface area contributed by atoms with Crippen LogP contribution >= 0.6 is 33.5 Å². The molecule has 2 aromatic heterocycles. The molecule has 0 saturated carbocycles. The van der Waals surface area contributed by atoms with Crippen LogP contribution in [0.25, 0.3) is 11.4 Å². The maximum Gasteiger partial charge on any atom is 0.279 e. The summed E-state index contributed by atoms with van der Waals surface area (Å²) in [6.45, 7) is 18.1. The predicted octanol–water partition coefficient (Wildman–Crippen LogP) is 9.30. The topological polar surface area (TPSA) is 85.6 Å². The smallest absolute Gasteiger partial charge is 0.279 e. The number of amides is 1. The van der Waals surface area contributed by atoms with Gasteiger partial charge in [-0.1, -0.05) is 82.9 Å². The van der Waals surface area contributed by atoms with E-state index in [4.69, 9.17) is 37.1 Å². The predicted molar refractivity (Wildman–Crippen MR) is 204 cm³/mol. The van der Waals surface area contributed by atoms with Crippen LogP contribution in [-0.4, -0.2) is 69.0 Å². The van der Waals surface area contributed by atoms with E-state index >= 15 is 0 Å². The number of carbonyl (C=O) groups is 1. The second kappa shape index (κ2) is 14.5. The molecule has 0 saturated heterocycles. The summed E-state index contributed by atoms with van der Waals surface area (Å²) in [5, 5.41) is 2.20. The first kappa shape index (κ1) is 37.0. The fraction of sp³-hybridized carbons (Fsp3) is 0.459. The Bertz CT molecular complexity index is 1800. The zero-order valence-electron chi connectivity index (χ0n) is 30.3. The molecule has 2 aromatic carbocycles. The molecule has 2 unspecified atom stereocenters. The van der Waals surface area contributed by atoms with Gasteiger partial charge in [0.25, 0.3) is 5.91 Å². The SMILES string of the molecule is COc1nc(N(C)C)ncc1-c1nc2c(n1C(C)COS(C(C)C)(C(C)C)C(C)C)C(c1ccc(Cl)cc1)N(c1cc(Cl)ccc1C)C2=O. The third-order valence-corrected chi connectivity index (χ3v) is 14.7. The highest BCUT2D eigenvalue weighted by atomic mass is 35.5. The first-order chi connectivity index (χ1) is 23.1. The van der Waals surface area contributed by atoms with E-state index < -0.39 is 16.4 Å². The fourth-order valence-corrected chi connectivity index (χ4v) is 11.9. The number of fused-ring (bicyclic) bond motifs is 1. The summed E-state index contributed by atoms with van der Waals surface area (Å²) in [7, 11) is 3.83. The Labute approximate surface area is 302 Å². The number of rotatable bonds is 12. The van der Waals surface area contributed by atoms with Crippen LogP contribution in [-0.2, 0) is 4.18 Å². The Morgan fingerprint density at radius 1 is 0.918 bits per heavy atom. The lowest BCUT2D eigenvalue weighted by atomic mass is 10.0. The van der Waals surface area contributed by atoms with Gasteiger partial charge in [0, 0.05) is 51.8 Å². The molecule has 0 N–H and O–H groups in total. The third-order valence-electron chi connectivity index (χ3n) is 9.24. The lowest BCUT2D eigenvalue weighted by Crippen LogP contribution is -2.33. The average molecular weight is 728 g/mol. The van der Waals surface area contributed by atoms with E-state index in [1.54, 1.807) is 18.2 Å². The Morgan fingerprint density at radius 3 is 2.10 bits per heavy atom. The van der Waals surface area contributed by atoms with Crippen LogP contribution in [0.2, 0.25) is 10.0 Å². The van der Waals surface area contributed by atoms with Crippen molar-refractivity contribution >= 4 is 51.1 Å². The molecule has 0 bridgehead atoms. The number of aromatic nitrogens is 4. The van der Waals surface area contributed by atoms with Crippen molar-refractivity contribution in [2.24, 2.45) is 0 Å². The molecule has 0 aliphatic carbocycles. The number of aryl methyl sites for hydroxylation is 1. The summed E-state index contributed by atoms with van der Waals surface area (Å²) in [4.78, 5) is 32.7. The highest BCUT2D eigenvalue weighted by Crippen LogP contribution is 2.61. The van der Waals surface area contributed by atoms with E-state index in [1.807, 2.05) is 68.4 Å². The summed E-state index contributed by atoms with van der Waals surface area (Å²) in [5.41, 5.74) is 4.18. The molecule has 2 atom stereocenters. The maximum absolute atomic E-state index is 14.7. The molecular formula is C37H48Cl2N6O3S. The second-order valence-electron chi connectivity index (χ2n) is 13.6. The minimum Gasteiger partial charge on any atom is -0.480 e. The summed E-state index contributed by atoms with van der Waals surface area (Å²) >= 11 is 12.9. The lowest BCUT2D eigenvalue weighted by molar-refractivity contribution is 0.0989. The van der Waals surface area contributed by atoms with E-state index in [1.165, 1.54) is 0 Å². The van der Waals surface area contributed by atoms with Gasteiger partial charge in [0.15, 0.2) is 5.69 Å². The van der Waals surface area contributed by atoms with Gasteiger partial charge in [0.1, 0.15) is 11.9 Å². The number of carbonyl (C=O) groups excluding carboxylic acids is 1. The number of imidazole rings is 1. The number of benzene rings is 2. The van der Waals surface area contributed by atoms with Gasteiger partial charge in [0.05, 0.1) is 31.0 Å². The minimum atomic E-state index is -1.49. The van der Waals surface area contributed by atoms with Crippen molar-refractivity contribution in [2.45, 2.75) is 83.2 Å². The number of halogens is 2. The van der Waals surface area contributed by atoms with Crippen molar-refractivity contribution < 1.29 is 13.7 Å². The largest absolute Gasteiger partial charge is 0.480 e. The summed E-state index contributed by atoms with van der Waals surface area (Å²) in [6.07, 6.45) is 1.72. The van der Waals surface area contributed by atoms with Crippen LogP contribution in [0.4, 0.5) is 11.6 Å². The zero-order valence-corrected chi connectivity index (χ0v) is 32.6.